The normalized spacial score (nSPS) is 16.8. The average Bonchev–Trinajstić information content (AvgIpc) is 3.02. The van der Waals surface area contributed by atoms with Crippen LogP contribution in [0.15, 0.2) is 35.4 Å². The highest BCUT2D eigenvalue weighted by atomic mass is 32.1. The van der Waals surface area contributed by atoms with Crippen LogP contribution in [0.5, 0.6) is 5.75 Å². The number of hydrogen-bond acceptors (Lipinski definition) is 6. The SMILES string of the molecule is Cc1sc2ncn(CC3(O)CCN(Cc4ccc(OC(C)C)cc4)CC3)c(=O)c2c1C. The Kier molecular flexibility index (Phi) is 6.19. The van der Waals surface area contributed by atoms with Gasteiger partial charge in [0.15, 0.2) is 0 Å². The lowest BCUT2D eigenvalue weighted by Crippen LogP contribution is -2.47. The second-order valence-corrected chi connectivity index (χ2v) is 10.2. The van der Waals surface area contributed by atoms with Gasteiger partial charge in [0.05, 0.1) is 30.0 Å². The average molecular weight is 442 g/mol. The van der Waals surface area contributed by atoms with E-state index >= 15 is 0 Å². The minimum atomic E-state index is -0.885. The van der Waals surface area contributed by atoms with Crippen LogP contribution in [0.1, 0.15) is 42.7 Å². The molecule has 31 heavy (non-hydrogen) atoms. The molecule has 0 unspecified atom stereocenters. The molecule has 3 aromatic rings. The highest BCUT2D eigenvalue weighted by molar-refractivity contribution is 7.18. The summed E-state index contributed by atoms with van der Waals surface area (Å²) >= 11 is 1.55. The predicted molar refractivity (Wildman–Crippen MR) is 125 cm³/mol. The van der Waals surface area contributed by atoms with E-state index < -0.39 is 5.60 Å². The predicted octanol–water partition coefficient (Wildman–Crippen LogP) is 3.89. The first-order valence-electron chi connectivity index (χ1n) is 10.9. The molecule has 1 aliphatic rings. The van der Waals surface area contributed by atoms with E-state index in [1.807, 2.05) is 39.8 Å². The Hall–Kier alpha value is -2.22. The third kappa shape index (κ3) is 4.84. The van der Waals surface area contributed by atoms with E-state index in [0.29, 0.717) is 18.2 Å². The molecule has 0 aliphatic carbocycles. The third-order valence-corrected chi connectivity index (χ3v) is 7.22. The van der Waals surface area contributed by atoms with Crippen molar-refractivity contribution >= 4 is 21.6 Å². The maximum Gasteiger partial charge on any atom is 0.262 e. The lowest BCUT2D eigenvalue weighted by molar-refractivity contribution is -0.0364. The molecule has 1 N–H and O–H groups in total. The second kappa shape index (κ2) is 8.73. The van der Waals surface area contributed by atoms with Gasteiger partial charge in [-0.15, -0.1) is 11.3 Å². The molecule has 4 rings (SSSR count). The molecule has 0 saturated carbocycles. The summed E-state index contributed by atoms with van der Waals surface area (Å²) in [6.07, 6.45) is 3.02. The Labute approximate surface area is 187 Å². The van der Waals surface area contributed by atoms with Crippen LogP contribution in [0.25, 0.3) is 10.2 Å². The number of nitrogens with zero attached hydrogens (tertiary/aromatic N) is 3. The van der Waals surface area contributed by atoms with Gasteiger partial charge in [0.2, 0.25) is 0 Å². The molecule has 0 radical (unpaired) electrons. The number of fused-ring (bicyclic) bond motifs is 1. The summed E-state index contributed by atoms with van der Waals surface area (Å²) in [6.45, 7) is 10.7. The van der Waals surface area contributed by atoms with Crippen LogP contribution in [0.3, 0.4) is 0 Å². The van der Waals surface area contributed by atoms with E-state index in [1.54, 1.807) is 22.2 Å². The Morgan fingerprint density at radius 2 is 1.87 bits per heavy atom. The molecule has 0 bridgehead atoms. The highest BCUT2D eigenvalue weighted by Gasteiger charge is 2.33. The van der Waals surface area contributed by atoms with E-state index in [4.69, 9.17) is 4.74 Å². The van der Waals surface area contributed by atoms with E-state index in [9.17, 15) is 9.90 Å². The van der Waals surface area contributed by atoms with Crippen molar-refractivity contribution in [1.29, 1.82) is 0 Å². The van der Waals surface area contributed by atoms with Crippen LogP contribution in [0.4, 0.5) is 0 Å². The first kappa shape index (κ1) is 22.0. The van der Waals surface area contributed by atoms with Crippen molar-refractivity contribution in [2.45, 2.75) is 65.3 Å². The number of benzene rings is 1. The van der Waals surface area contributed by atoms with Crippen molar-refractivity contribution in [3.8, 4) is 5.75 Å². The van der Waals surface area contributed by atoms with E-state index in [1.165, 1.54) is 5.56 Å². The van der Waals surface area contributed by atoms with Gasteiger partial charge >= 0.3 is 0 Å². The summed E-state index contributed by atoms with van der Waals surface area (Å²) < 4.78 is 7.30. The molecule has 7 heteroatoms. The first-order valence-corrected chi connectivity index (χ1v) is 11.7. The number of ether oxygens (including phenoxy) is 1. The zero-order chi connectivity index (χ0) is 22.2. The van der Waals surface area contributed by atoms with Crippen LogP contribution in [0, 0.1) is 13.8 Å². The molecule has 1 fully saturated rings. The quantitative estimate of drug-likeness (QED) is 0.629. The molecule has 6 nitrogen and oxygen atoms in total. The van der Waals surface area contributed by atoms with Crippen LogP contribution in [-0.2, 0) is 13.1 Å². The fourth-order valence-electron chi connectivity index (χ4n) is 4.19. The first-order chi connectivity index (χ1) is 14.7. The molecule has 3 heterocycles. The van der Waals surface area contributed by atoms with Gasteiger partial charge in [-0.25, -0.2) is 4.98 Å². The fraction of sp³-hybridized carbons (Fsp3) is 0.500. The van der Waals surface area contributed by atoms with Gasteiger partial charge in [0.25, 0.3) is 5.56 Å². The lowest BCUT2D eigenvalue weighted by atomic mass is 9.91. The van der Waals surface area contributed by atoms with E-state index in [-0.39, 0.29) is 18.2 Å². The Morgan fingerprint density at radius 3 is 2.52 bits per heavy atom. The summed E-state index contributed by atoms with van der Waals surface area (Å²) in [5.74, 6) is 0.888. The molecule has 166 valence electrons. The largest absolute Gasteiger partial charge is 0.491 e. The topological polar surface area (TPSA) is 67.6 Å². The molecule has 1 saturated heterocycles. The molecule has 0 amide bonds. The van der Waals surface area contributed by atoms with Gasteiger partial charge in [-0.3, -0.25) is 14.3 Å². The third-order valence-electron chi connectivity index (χ3n) is 6.11. The van der Waals surface area contributed by atoms with Crippen LogP contribution in [0.2, 0.25) is 0 Å². The van der Waals surface area contributed by atoms with Crippen molar-refractivity contribution in [3.05, 3.63) is 57.0 Å². The summed E-state index contributed by atoms with van der Waals surface area (Å²) in [7, 11) is 0. The zero-order valence-corrected chi connectivity index (χ0v) is 19.5. The summed E-state index contributed by atoms with van der Waals surface area (Å²) in [5.41, 5.74) is 1.30. The maximum absolute atomic E-state index is 13.0. The Balaban J connectivity index is 1.39. The van der Waals surface area contributed by atoms with Crippen molar-refractivity contribution in [3.63, 3.8) is 0 Å². The Bertz CT molecular complexity index is 1110. The van der Waals surface area contributed by atoms with E-state index in [2.05, 4.69) is 22.0 Å². The smallest absolute Gasteiger partial charge is 0.262 e. The van der Waals surface area contributed by atoms with Crippen molar-refractivity contribution in [1.82, 2.24) is 14.5 Å². The number of hydrogen-bond donors (Lipinski definition) is 1. The molecule has 0 atom stereocenters. The van der Waals surface area contributed by atoms with E-state index in [0.717, 1.165) is 40.7 Å². The monoisotopic (exact) mass is 441 g/mol. The Morgan fingerprint density at radius 1 is 1.19 bits per heavy atom. The van der Waals surface area contributed by atoms with Gasteiger partial charge in [-0.05, 0) is 63.8 Å². The second-order valence-electron chi connectivity index (χ2n) is 8.95. The highest BCUT2D eigenvalue weighted by Crippen LogP contribution is 2.28. The standard InChI is InChI=1S/C24H31N3O3S/c1-16(2)30-20-7-5-19(6-8-20)13-26-11-9-24(29,10-12-26)14-27-15-25-22-21(23(27)28)17(3)18(4)31-22/h5-8,15-16,29H,9-14H2,1-4H3. The number of thiophene rings is 1. The molecule has 1 aromatic carbocycles. The van der Waals surface area contributed by atoms with Crippen LogP contribution in [-0.4, -0.2) is 44.4 Å². The summed E-state index contributed by atoms with van der Waals surface area (Å²) in [5, 5.41) is 11.9. The minimum absolute atomic E-state index is 0.0496. The van der Waals surface area contributed by atoms with Crippen LogP contribution >= 0.6 is 11.3 Å². The molecule has 1 aliphatic heterocycles. The fourth-order valence-corrected chi connectivity index (χ4v) is 5.18. The number of likely N-dealkylation sites (tertiary alicyclic amines) is 1. The van der Waals surface area contributed by atoms with Crippen molar-refractivity contribution in [2.75, 3.05) is 13.1 Å². The number of piperidine rings is 1. The van der Waals surface area contributed by atoms with Gasteiger partial charge in [0.1, 0.15) is 10.6 Å². The van der Waals surface area contributed by atoms with Crippen LogP contribution < -0.4 is 10.3 Å². The van der Waals surface area contributed by atoms with Gasteiger partial charge in [-0.2, -0.15) is 0 Å². The number of rotatable bonds is 6. The van der Waals surface area contributed by atoms with Gasteiger partial charge < -0.3 is 9.84 Å². The maximum atomic E-state index is 13.0. The summed E-state index contributed by atoms with van der Waals surface area (Å²) in [4.78, 5) is 21.7. The molecular weight excluding hydrogens is 410 g/mol. The number of aliphatic hydroxyl groups is 1. The van der Waals surface area contributed by atoms with Gasteiger partial charge in [0, 0.05) is 24.5 Å². The summed E-state index contributed by atoms with van der Waals surface area (Å²) in [6, 6.07) is 8.23. The molecule has 2 aromatic heterocycles. The van der Waals surface area contributed by atoms with Crippen molar-refractivity contribution < 1.29 is 9.84 Å². The molecule has 0 spiro atoms. The van der Waals surface area contributed by atoms with Gasteiger partial charge in [-0.1, -0.05) is 12.1 Å². The molecular formula is C24H31N3O3S. The number of aryl methyl sites for hydroxylation is 2. The van der Waals surface area contributed by atoms with Crippen molar-refractivity contribution in [2.24, 2.45) is 0 Å². The zero-order valence-electron chi connectivity index (χ0n) is 18.7. The number of aromatic nitrogens is 2. The minimum Gasteiger partial charge on any atom is -0.491 e. The lowest BCUT2D eigenvalue weighted by Gasteiger charge is -2.38.